The third-order valence-corrected chi connectivity index (χ3v) is 7.31. The minimum Gasteiger partial charge on any atom is -0.388 e. The number of hydrogen-bond donors (Lipinski definition) is 3. The van der Waals surface area contributed by atoms with Gasteiger partial charge in [-0.25, -0.2) is 0 Å². The predicted molar refractivity (Wildman–Crippen MR) is 102 cm³/mol. The van der Waals surface area contributed by atoms with Gasteiger partial charge in [-0.2, -0.15) is 0 Å². The standard InChI is InChI=1S/C18H24N2O5S.ClH/c21-12-9-24-14-11(8-23-15(12)14)20-17(22)13-7-10-1-6-25-18(16(10)26-13)2-4-19-5-3-18;/h7,11-12,14-15,19,21H,1-6,8-9H2,(H,20,22);1H/t11-,12-,14-,15-;/m1./s1. The van der Waals surface area contributed by atoms with Gasteiger partial charge in [-0.05, 0) is 44.0 Å². The van der Waals surface area contributed by atoms with Gasteiger partial charge in [0.25, 0.3) is 5.91 Å². The number of piperidine rings is 1. The van der Waals surface area contributed by atoms with Gasteiger partial charge in [0.1, 0.15) is 23.9 Å². The Balaban J connectivity index is 0.00000180. The van der Waals surface area contributed by atoms with Crippen LogP contribution in [0.4, 0.5) is 0 Å². The zero-order valence-electron chi connectivity index (χ0n) is 14.9. The van der Waals surface area contributed by atoms with Gasteiger partial charge >= 0.3 is 0 Å². The molecule has 150 valence electrons. The van der Waals surface area contributed by atoms with Crippen LogP contribution >= 0.6 is 23.7 Å². The molecule has 3 N–H and O–H groups in total. The molecule has 0 bridgehead atoms. The van der Waals surface area contributed by atoms with Crippen LogP contribution in [0, 0.1) is 0 Å². The number of carbonyl (C=O) groups excluding carboxylic acids is 1. The van der Waals surface area contributed by atoms with Crippen molar-refractivity contribution in [3.8, 4) is 0 Å². The molecule has 1 spiro atoms. The molecule has 5 heterocycles. The highest BCUT2D eigenvalue weighted by Crippen LogP contribution is 2.44. The average Bonchev–Trinajstić information content (AvgIpc) is 3.34. The normalized spacial score (nSPS) is 34.0. The third-order valence-electron chi connectivity index (χ3n) is 5.95. The van der Waals surface area contributed by atoms with Crippen molar-refractivity contribution in [2.45, 2.75) is 49.2 Å². The molecule has 3 fully saturated rings. The van der Waals surface area contributed by atoms with Crippen LogP contribution in [0.15, 0.2) is 6.07 Å². The minimum absolute atomic E-state index is 0. The second-order valence-electron chi connectivity index (χ2n) is 7.55. The largest absolute Gasteiger partial charge is 0.388 e. The fourth-order valence-corrected chi connectivity index (χ4v) is 5.89. The first-order valence-electron chi connectivity index (χ1n) is 9.36. The highest BCUT2D eigenvalue weighted by atomic mass is 35.5. The topological polar surface area (TPSA) is 89.1 Å². The summed E-state index contributed by atoms with van der Waals surface area (Å²) in [4.78, 5) is 14.8. The van der Waals surface area contributed by atoms with Crippen molar-refractivity contribution < 1.29 is 24.1 Å². The molecule has 0 aliphatic carbocycles. The van der Waals surface area contributed by atoms with E-state index in [1.54, 1.807) is 11.3 Å². The summed E-state index contributed by atoms with van der Waals surface area (Å²) in [7, 11) is 0. The van der Waals surface area contributed by atoms with Gasteiger partial charge in [0.05, 0.1) is 30.7 Å². The Kier molecular flexibility index (Phi) is 5.50. The Morgan fingerprint density at radius 3 is 2.85 bits per heavy atom. The number of fused-ring (bicyclic) bond motifs is 3. The van der Waals surface area contributed by atoms with Crippen LogP contribution in [0.1, 0.15) is 33.0 Å². The number of halogens is 1. The number of amides is 1. The highest BCUT2D eigenvalue weighted by molar-refractivity contribution is 7.14. The van der Waals surface area contributed by atoms with Gasteiger partial charge in [0.2, 0.25) is 0 Å². The summed E-state index contributed by atoms with van der Waals surface area (Å²) < 4.78 is 17.4. The van der Waals surface area contributed by atoms with E-state index in [9.17, 15) is 9.90 Å². The molecule has 5 rings (SSSR count). The number of aliphatic hydroxyl groups is 1. The molecule has 1 aromatic heterocycles. The summed E-state index contributed by atoms with van der Waals surface area (Å²) in [6.07, 6.45) is 1.57. The van der Waals surface area contributed by atoms with Crippen molar-refractivity contribution in [1.29, 1.82) is 0 Å². The molecular weight excluding hydrogens is 392 g/mol. The second-order valence-corrected chi connectivity index (χ2v) is 8.60. The van der Waals surface area contributed by atoms with Gasteiger partial charge in [0.15, 0.2) is 0 Å². The molecule has 4 atom stereocenters. The first-order chi connectivity index (χ1) is 12.7. The lowest BCUT2D eigenvalue weighted by molar-refractivity contribution is -0.0771. The molecule has 0 unspecified atom stereocenters. The smallest absolute Gasteiger partial charge is 0.261 e. The Hall–Kier alpha value is -0.740. The maximum Gasteiger partial charge on any atom is 0.261 e. The van der Waals surface area contributed by atoms with Crippen LogP contribution in [0.5, 0.6) is 0 Å². The summed E-state index contributed by atoms with van der Waals surface area (Å²) >= 11 is 1.56. The highest BCUT2D eigenvalue weighted by Gasteiger charge is 2.48. The van der Waals surface area contributed by atoms with Crippen LogP contribution in [0.3, 0.4) is 0 Å². The van der Waals surface area contributed by atoms with E-state index in [2.05, 4.69) is 10.6 Å². The van der Waals surface area contributed by atoms with Crippen LogP contribution < -0.4 is 10.6 Å². The van der Waals surface area contributed by atoms with Crippen molar-refractivity contribution in [2.75, 3.05) is 32.9 Å². The number of rotatable bonds is 2. The average molecular weight is 417 g/mol. The van der Waals surface area contributed by atoms with E-state index in [1.807, 2.05) is 6.07 Å². The van der Waals surface area contributed by atoms with Crippen LogP contribution in [0.25, 0.3) is 0 Å². The molecule has 1 aromatic rings. The molecular formula is C18H25ClN2O5S. The number of thiophene rings is 1. The maximum absolute atomic E-state index is 12.8. The van der Waals surface area contributed by atoms with E-state index in [0.717, 1.165) is 43.8 Å². The predicted octanol–water partition coefficient (Wildman–Crippen LogP) is 0.578. The van der Waals surface area contributed by atoms with E-state index < -0.39 is 6.10 Å². The molecule has 4 aliphatic rings. The third kappa shape index (κ3) is 3.31. The second kappa shape index (κ2) is 7.59. The molecule has 7 nitrogen and oxygen atoms in total. The minimum atomic E-state index is -0.604. The Bertz CT molecular complexity index is 708. The lowest BCUT2D eigenvalue weighted by atomic mass is 9.86. The van der Waals surface area contributed by atoms with Crippen LogP contribution in [-0.2, 0) is 26.2 Å². The number of hydrogen-bond acceptors (Lipinski definition) is 7. The Labute approximate surface area is 168 Å². The number of aliphatic hydroxyl groups excluding tert-OH is 1. The van der Waals surface area contributed by atoms with E-state index >= 15 is 0 Å². The fourth-order valence-electron chi connectivity index (χ4n) is 4.58. The van der Waals surface area contributed by atoms with E-state index in [0.29, 0.717) is 6.61 Å². The summed E-state index contributed by atoms with van der Waals surface area (Å²) in [5, 5.41) is 16.3. The lowest BCUT2D eigenvalue weighted by Gasteiger charge is -2.40. The number of nitrogens with one attached hydrogen (secondary N) is 2. The molecule has 4 aliphatic heterocycles. The van der Waals surface area contributed by atoms with Gasteiger partial charge in [0, 0.05) is 4.88 Å². The first-order valence-corrected chi connectivity index (χ1v) is 10.2. The Morgan fingerprint density at radius 1 is 1.26 bits per heavy atom. The van der Waals surface area contributed by atoms with Crippen molar-refractivity contribution in [1.82, 2.24) is 10.6 Å². The van der Waals surface area contributed by atoms with Crippen molar-refractivity contribution in [2.24, 2.45) is 0 Å². The SMILES string of the molecule is Cl.O=C(N[C@@H]1CO[C@H]2[C@@H]1OC[C@H]2O)c1cc2c(s1)C1(CCNCC1)OCC2. The van der Waals surface area contributed by atoms with Gasteiger partial charge in [-0.15, -0.1) is 23.7 Å². The summed E-state index contributed by atoms with van der Waals surface area (Å²) in [5.74, 6) is -0.0901. The molecule has 3 saturated heterocycles. The molecule has 27 heavy (non-hydrogen) atoms. The zero-order chi connectivity index (χ0) is 17.7. The van der Waals surface area contributed by atoms with Gasteiger partial charge in [-0.1, -0.05) is 0 Å². The number of carbonyl (C=O) groups is 1. The van der Waals surface area contributed by atoms with Crippen LogP contribution in [0.2, 0.25) is 0 Å². The lowest BCUT2D eigenvalue weighted by Crippen LogP contribution is -2.44. The van der Waals surface area contributed by atoms with Gasteiger partial charge in [-0.3, -0.25) is 4.79 Å². The molecule has 0 saturated carbocycles. The molecule has 0 aromatic carbocycles. The summed E-state index contributed by atoms with van der Waals surface area (Å²) in [5.41, 5.74) is 1.03. The zero-order valence-corrected chi connectivity index (χ0v) is 16.6. The summed E-state index contributed by atoms with van der Waals surface area (Å²) in [6, 6.07) is 1.81. The monoisotopic (exact) mass is 416 g/mol. The van der Waals surface area contributed by atoms with E-state index in [4.69, 9.17) is 14.2 Å². The Morgan fingerprint density at radius 2 is 2.04 bits per heavy atom. The van der Waals surface area contributed by atoms with E-state index in [-0.39, 0.29) is 48.8 Å². The quantitative estimate of drug-likeness (QED) is 0.653. The van der Waals surface area contributed by atoms with Crippen molar-refractivity contribution in [3.63, 3.8) is 0 Å². The van der Waals surface area contributed by atoms with Gasteiger partial charge < -0.3 is 30.0 Å². The van der Waals surface area contributed by atoms with Crippen LogP contribution in [-0.4, -0.2) is 68.3 Å². The number of ether oxygens (including phenoxy) is 3. The molecule has 0 radical (unpaired) electrons. The summed E-state index contributed by atoms with van der Waals surface area (Å²) in [6.45, 7) is 3.25. The fraction of sp³-hybridized carbons (Fsp3) is 0.722. The molecule has 9 heteroatoms. The first kappa shape index (κ1) is 19.6. The maximum atomic E-state index is 12.8. The van der Waals surface area contributed by atoms with Crippen molar-refractivity contribution >= 4 is 29.7 Å². The molecule has 1 amide bonds. The van der Waals surface area contributed by atoms with Crippen molar-refractivity contribution in [3.05, 3.63) is 21.4 Å². The van der Waals surface area contributed by atoms with E-state index in [1.165, 1.54) is 10.4 Å².